The highest BCUT2D eigenvalue weighted by Crippen LogP contribution is 2.18. The van der Waals surface area contributed by atoms with Crippen LogP contribution in [0, 0.1) is 5.82 Å². The Morgan fingerprint density at radius 2 is 2.15 bits per heavy atom. The molecule has 0 aromatic heterocycles. The van der Waals surface area contributed by atoms with Crippen molar-refractivity contribution < 1.29 is 9.18 Å². The van der Waals surface area contributed by atoms with Crippen molar-refractivity contribution in [2.75, 3.05) is 5.88 Å². The van der Waals surface area contributed by atoms with Gasteiger partial charge in [-0.2, -0.15) is 0 Å². The van der Waals surface area contributed by atoms with Crippen molar-refractivity contribution in [1.29, 1.82) is 0 Å². The predicted molar refractivity (Wildman–Crippen MR) is 51.1 cm³/mol. The van der Waals surface area contributed by atoms with Gasteiger partial charge < -0.3 is 0 Å². The van der Waals surface area contributed by atoms with Gasteiger partial charge in [0, 0.05) is 17.9 Å². The zero-order valence-electron chi connectivity index (χ0n) is 6.69. The predicted octanol–water partition coefficient (Wildman–Crippen LogP) is 3.29. The summed E-state index contributed by atoms with van der Waals surface area (Å²) in [4.78, 5) is 11.3. The second-order valence-corrected chi connectivity index (χ2v) is 3.27. The maximum Gasteiger partial charge on any atom is 0.165 e. The lowest BCUT2D eigenvalue weighted by Gasteiger charge is -2.01. The van der Waals surface area contributed by atoms with Crippen molar-refractivity contribution >= 4 is 29.0 Å². The van der Waals surface area contributed by atoms with Gasteiger partial charge in [-0.15, -0.1) is 11.6 Å². The molecule has 70 valence electrons. The van der Waals surface area contributed by atoms with E-state index in [0.29, 0.717) is 5.56 Å². The lowest BCUT2D eigenvalue weighted by atomic mass is 10.1. The first-order chi connectivity index (χ1) is 6.15. The van der Waals surface area contributed by atoms with Gasteiger partial charge in [-0.25, -0.2) is 4.39 Å². The Morgan fingerprint density at radius 3 is 2.69 bits per heavy atom. The summed E-state index contributed by atoms with van der Waals surface area (Å²) in [5.41, 5.74) is 0.323. The third-order valence-electron chi connectivity index (χ3n) is 1.55. The fourth-order valence-electron chi connectivity index (χ4n) is 0.936. The van der Waals surface area contributed by atoms with Crippen LogP contribution < -0.4 is 0 Å². The third-order valence-corrected chi connectivity index (χ3v) is 2.05. The Hall–Kier alpha value is -0.600. The SMILES string of the molecule is O=C(CCCl)c1ccc(F)cc1Cl. The second-order valence-electron chi connectivity index (χ2n) is 2.49. The fraction of sp³-hybridized carbons (Fsp3) is 0.222. The monoisotopic (exact) mass is 220 g/mol. The van der Waals surface area contributed by atoms with Crippen LogP contribution in [0.5, 0.6) is 0 Å². The quantitative estimate of drug-likeness (QED) is 0.565. The summed E-state index contributed by atoms with van der Waals surface area (Å²) in [5, 5.41) is 0.134. The highest BCUT2D eigenvalue weighted by molar-refractivity contribution is 6.34. The highest BCUT2D eigenvalue weighted by atomic mass is 35.5. The van der Waals surface area contributed by atoms with Crippen LogP contribution in [0.1, 0.15) is 16.8 Å². The molecule has 1 rings (SSSR count). The van der Waals surface area contributed by atoms with Gasteiger partial charge in [-0.1, -0.05) is 11.6 Å². The molecule has 0 aliphatic heterocycles. The van der Waals surface area contributed by atoms with Gasteiger partial charge in [0.25, 0.3) is 0 Å². The lowest BCUT2D eigenvalue weighted by Crippen LogP contribution is -2.00. The molecule has 0 fully saturated rings. The maximum absolute atomic E-state index is 12.6. The van der Waals surface area contributed by atoms with E-state index in [2.05, 4.69) is 0 Å². The maximum atomic E-state index is 12.6. The molecule has 0 radical (unpaired) electrons. The molecule has 0 saturated heterocycles. The molecule has 0 heterocycles. The number of halogens is 3. The topological polar surface area (TPSA) is 17.1 Å². The van der Waals surface area contributed by atoms with E-state index in [1.54, 1.807) is 0 Å². The molecule has 1 aromatic carbocycles. The van der Waals surface area contributed by atoms with Gasteiger partial charge in [-0.3, -0.25) is 4.79 Å². The smallest absolute Gasteiger partial charge is 0.165 e. The number of carbonyl (C=O) groups excluding carboxylic acids is 1. The molecule has 0 unspecified atom stereocenters. The Balaban J connectivity index is 2.95. The van der Waals surface area contributed by atoms with Gasteiger partial charge in [0.2, 0.25) is 0 Å². The molecule has 0 N–H and O–H groups in total. The van der Waals surface area contributed by atoms with Gasteiger partial charge in [0.15, 0.2) is 5.78 Å². The number of carbonyl (C=O) groups is 1. The summed E-state index contributed by atoms with van der Waals surface area (Å²) in [7, 11) is 0. The van der Waals surface area contributed by atoms with Crippen molar-refractivity contribution in [2.45, 2.75) is 6.42 Å². The van der Waals surface area contributed by atoms with E-state index in [-0.39, 0.29) is 23.1 Å². The van der Waals surface area contributed by atoms with Crippen LogP contribution in [0.3, 0.4) is 0 Å². The molecule has 13 heavy (non-hydrogen) atoms. The van der Waals surface area contributed by atoms with Crippen molar-refractivity contribution in [3.05, 3.63) is 34.6 Å². The van der Waals surface area contributed by atoms with E-state index in [9.17, 15) is 9.18 Å². The number of alkyl halides is 1. The molecule has 4 heteroatoms. The number of hydrogen-bond donors (Lipinski definition) is 0. The Bertz CT molecular complexity index is 325. The largest absolute Gasteiger partial charge is 0.294 e. The van der Waals surface area contributed by atoms with E-state index in [1.807, 2.05) is 0 Å². The van der Waals surface area contributed by atoms with Crippen molar-refractivity contribution in [1.82, 2.24) is 0 Å². The summed E-state index contributed by atoms with van der Waals surface area (Å²) in [6.45, 7) is 0. The van der Waals surface area contributed by atoms with Crippen molar-refractivity contribution in [3.63, 3.8) is 0 Å². The first-order valence-electron chi connectivity index (χ1n) is 3.69. The average molecular weight is 221 g/mol. The molecule has 0 aliphatic rings. The van der Waals surface area contributed by atoms with Crippen LogP contribution in [0.4, 0.5) is 4.39 Å². The molecule has 0 amide bonds. The summed E-state index contributed by atoms with van der Waals surface area (Å²) in [6.07, 6.45) is 0.215. The Kier molecular flexibility index (Phi) is 3.70. The number of benzene rings is 1. The van der Waals surface area contributed by atoms with Crippen LogP contribution in [0.2, 0.25) is 5.02 Å². The van der Waals surface area contributed by atoms with Crippen LogP contribution in [0.15, 0.2) is 18.2 Å². The van der Waals surface area contributed by atoms with E-state index in [0.717, 1.165) is 6.07 Å². The first-order valence-corrected chi connectivity index (χ1v) is 4.60. The molecule has 0 saturated carbocycles. The molecule has 1 aromatic rings. The van der Waals surface area contributed by atoms with E-state index >= 15 is 0 Å². The molecule has 0 aliphatic carbocycles. The van der Waals surface area contributed by atoms with Crippen LogP contribution in [-0.2, 0) is 0 Å². The van der Waals surface area contributed by atoms with E-state index in [4.69, 9.17) is 23.2 Å². The van der Waals surface area contributed by atoms with Crippen LogP contribution in [-0.4, -0.2) is 11.7 Å². The van der Waals surface area contributed by atoms with E-state index < -0.39 is 5.82 Å². The summed E-state index contributed by atoms with van der Waals surface area (Å²) >= 11 is 11.0. The molecule has 0 spiro atoms. The number of hydrogen-bond acceptors (Lipinski definition) is 1. The van der Waals surface area contributed by atoms with Gasteiger partial charge >= 0.3 is 0 Å². The van der Waals surface area contributed by atoms with Gasteiger partial charge in [0.05, 0.1) is 5.02 Å². The van der Waals surface area contributed by atoms with Gasteiger partial charge in [-0.05, 0) is 18.2 Å². The van der Waals surface area contributed by atoms with Crippen LogP contribution >= 0.6 is 23.2 Å². The Labute approximate surface area is 85.5 Å². The molecule has 1 nitrogen and oxygen atoms in total. The van der Waals surface area contributed by atoms with Crippen LogP contribution in [0.25, 0.3) is 0 Å². The minimum atomic E-state index is -0.451. The number of ketones is 1. The normalized spacial score (nSPS) is 10.1. The molecule has 0 atom stereocenters. The standard InChI is InChI=1S/C9H7Cl2FO/c10-4-3-9(13)7-2-1-6(12)5-8(7)11/h1-2,5H,3-4H2. The minimum Gasteiger partial charge on any atom is -0.294 e. The second kappa shape index (κ2) is 4.58. The number of Topliss-reactive ketones (excluding diaryl/α,β-unsaturated/α-hetero) is 1. The number of rotatable bonds is 3. The first kappa shape index (κ1) is 10.5. The molecular weight excluding hydrogens is 214 g/mol. The molecular formula is C9H7Cl2FO. The van der Waals surface area contributed by atoms with Gasteiger partial charge in [0.1, 0.15) is 5.82 Å². The highest BCUT2D eigenvalue weighted by Gasteiger charge is 2.09. The minimum absolute atomic E-state index is 0.134. The summed E-state index contributed by atoms with van der Waals surface area (Å²) in [5.74, 6) is -0.376. The Morgan fingerprint density at radius 1 is 1.46 bits per heavy atom. The zero-order chi connectivity index (χ0) is 9.84. The molecule has 0 bridgehead atoms. The van der Waals surface area contributed by atoms with E-state index in [1.165, 1.54) is 12.1 Å². The fourth-order valence-corrected chi connectivity index (χ4v) is 1.38. The average Bonchev–Trinajstić information content (AvgIpc) is 2.04. The zero-order valence-corrected chi connectivity index (χ0v) is 8.20. The van der Waals surface area contributed by atoms with Crippen molar-refractivity contribution in [3.8, 4) is 0 Å². The summed E-state index contributed by atoms with van der Waals surface area (Å²) in [6, 6.07) is 3.68. The lowest BCUT2D eigenvalue weighted by molar-refractivity contribution is 0.0989. The third kappa shape index (κ3) is 2.68. The van der Waals surface area contributed by atoms with Crippen molar-refractivity contribution in [2.24, 2.45) is 0 Å². The summed E-state index contributed by atoms with van der Waals surface area (Å²) < 4.78 is 12.6.